The molecule has 1 unspecified atom stereocenters. The van der Waals surface area contributed by atoms with Crippen molar-refractivity contribution in [3.63, 3.8) is 0 Å². The zero-order chi connectivity index (χ0) is 31.1. The van der Waals surface area contributed by atoms with Crippen molar-refractivity contribution in [1.29, 1.82) is 0 Å². The van der Waals surface area contributed by atoms with E-state index in [1.54, 1.807) is 34.6 Å². The van der Waals surface area contributed by atoms with Crippen molar-refractivity contribution in [2.24, 2.45) is 0 Å². The Labute approximate surface area is 252 Å². The number of nitrogens with one attached hydrogen (secondary N) is 1. The lowest BCUT2D eigenvalue weighted by atomic mass is 10.1. The second-order valence-corrected chi connectivity index (χ2v) is 13.1. The molecule has 3 rings (SSSR count). The number of carbonyl (C=O) groups is 1. The molecule has 0 saturated heterocycles. The van der Waals surface area contributed by atoms with E-state index in [9.17, 15) is 13.2 Å². The van der Waals surface area contributed by atoms with Gasteiger partial charge in [-0.05, 0) is 72.1 Å². The maximum absolute atomic E-state index is 13.8. The molecule has 2 aromatic carbocycles. The number of nitrogens with zero attached hydrogens (tertiary/aromatic N) is 2. The summed E-state index contributed by atoms with van der Waals surface area (Å²) in [6.45, 7) is 11.5. The normalized spacial score (nSPS) is 13.8. The van der Waals surface area contributed by atoms with Crippen LogP contribution in [0.2, 0.25) is 0 Å². The monoisotopic (exact) mass is 622 g/mol. The number of imidazole rings is 1. The van der Waals surface area contributed by atoms with Crippen LogP contribution in [0.25, 0.3) is 11.0 Å². The molecule has 2 atom stereocenters. The van der Waals surface area contributed by atoms with E-state index in [1.165, 1.54) is 30.0 Å². The zero-order valence-electron chi connectivity index (χ0n) is 25.2. The maximum Gasteiger partial charge on any atom is 0.308 e. The van der Waals surface area contributed by atoms with Gasteiger partial charge in [0.1, 0.15) is 22.4 Å². The van der Waals surface area contributed by atoms with Crippen LogP contribution in [-0.2, 0) is 35.6 Å². The Morgan fingerprint density at radius 2 is 1.79 bits per heavy atom. The molecule has 0 aliphatic carbocycles. The molecule has 1 aromatic heterocycles. The van der Waals surface area contributed by atoms with Gasteiger partial charge in [0, 0.05) is 25.0 Å². The summed E-state index contributed by atoms with van der Waals surface area (Å²) in [4.78, 5) is 17.3. The Kier molecular flexibility index (Phi) is 11.7. The number of nitrogen functional groups attached to an aromatic ring is 1. The van der Waals surface area contributed by atoms with Crippen molar-refractivity contribution in [1.82, 2.24) is 14.3 Å². The van der Waals surface area contributed by atoms with Crippen LogP contribution >= 0.6 is 11.8 Å². The topological polar surface area (TPSA) is 144 Å². The van der Waals surface area contributed by atoms with E-state index in [1.807, 2.05) is 42.0 Å². The van der Waals surface area contributed by atoms with Gasteiger partial charge < -0.3 is 29.2 Å². The van der Waals surface area contributed by atoms with Gasteiger partial charge in [0.05, 0.1) is 30.0 Å². The molecule has 3 aromatic rings. The van der Waals surface area contributed by atoms with Crippen molar-refractivity contribution < 1.29 is 32.2 Å². The lowest BCUT2D eigenvalue weighted by molar-refractivity contribution is -0.169. The third-order valence-electron chi connectivity index (χ3n) is 5.93. The van der Waals surface area contributed by atoms with Gasteiger partial charge in [-0.1, -0.05) is 23.9 Å². The number of ether oxygens (including phenoxy) is 4. The largest absolute Gasteiger partial charge is 0.487 e. The third kappa shape index (κ3) is 9.08. The SMILES string of the molecule is CCOC(OCC)C(CC(=O)OC(C)(C)C)NS(=O)(=O)c1ccc(N)cc1O[C@H](C)Cn1c(SC)nc2ccccc21. The van der Waals surface area contributed by atoms with E-state index < -0.39 is 40.0 Å². The van der Waals surface area contributed by atoms with Crippen molar-refractivity contribution in [3.05, 3.63) is 42.5 Å². The number of aromatic nitrogens is 2. The number of fused-ring (bicyclic) bond motifs is 1. The second-order valence-electron chi connectivity index (χ2n) is 10.6. The number of hydrogen-bond acceptors (Lipinski definition) is 10. The predicted octanol–water partition coefficient (Wildman–Crippen LogP) is 4.59. The molecule has 3 N–H and O–H groups in total. The summed E-state index contributed by atoms with van der Waals surface area (Å²) < 4.78 is 55.3. The Morgan fingerprint density at radius 3 is 2.40 bits per heavy atom. The number of anilines is 1. The molecule has 0 bridgehead atoms. The smallest absolute Gasteiger partial charge is 0.308 e. The van der Waals surface area contributed by atoms with E-state index in [4.69, 9.17) is 24.7 Å². The van der Waals surface area contributed by atoms with Crippen molar-refractivity contribution in [2.75, 3.05) is 25.2 Å². The Bertz CT molecular complexity index is 1450. The predicted molar refractivity (Wildman–Crippen MR) is 164 cm³/mol. The van der Waals surface area contributed by atoms with Crippen LogP contribution in [0.15, 0.2) is 52.5 Å². The number of hydrogen-bond donors (Lipinski definition) is 2. The van der Waals surface area contributed by atoms with Crippen LogP contribution in [0.3, 0.4) is 0 Å². The van der Waals surface area contributed by atoms with Crippen molar-refractivity contribution in [3.8, 4) is 5.75 Å². The Morgan fingerprint density at radius 1 is 1.12 bits per heavy atom. The zero-order valence-corrected chi connectivity index (χ0v) is 26.9. The van der Waals surface area contributed by atoms with E-state index in [-0.39, 0.29) is 30.3 Å². The fraction of sp³-hybridized carbons (Fsp3) is 0.517. The number of benzene rings is 2. The molecular formula is C29H42N4O7S2. The van der Waals surface area contributed by atoms with Crippen molar-refractivity contribution >= 4 is 44.5 Å². The number of para-hydroxylation sites is 2. The number of esters is 1. The molecular weight excluding hydrogens is 580 g/mol. The fourth-order valence-electron chi connectivity index (χ4n) is 4.36. The van der Waals surface area contributed by atoms with Crippen LogP contribution in [0.1, 0.15) is 48.0 Å². The quantitative estimate of drug-likeness (QED) is 0.107. The van der Waals surface area contributed by atoms with E-state index >= 15 is 0 Å². The summed E-state index contributed by atoms with van der Waals surface area (Å²) in [6.07, 6.45) is 0.150. The van der Waals surface area contributed by atoms with Gasteiger partial charge in [0.2, 0.25) is 10.0 Å². The fourth-order valence-corrected chi connectivity index (χ4v) is 6.29. The molecule has 1 heterocycles. The van der Waals surface area contributed by atoms with Crippen LogP contribution < -0.4 is 15.2 Å². The first kappa shape index (κ1) is 33.7. The standard InChI is InChI=1S/C29H42N4O7S2/c1-8-37-27(38-9-2)22(17-26(34)40-29(4,5)6)32-42(35,36)25-15-14-20(30)16-24(25)39-19(3)18-33-23-13-11-10-12-21(23)31-28(33)41-7/h10-16,19,22,27,32H,8-9,17-18,30H2,1-7H3/t19-,22?/m1/s1. The summed E-state index contributed by atoms with van der Waals surface area (Å²) >= 11 is 1.51. The molecule has 0 fully saturated rings. The number of nitrogens with two attached hydrogens (primary N) is 1. The third-order valence-corrected chi connectivity index (χ3v) is 8.14. The lowest BCUT2D eigenvalue weighted by Crippen LogP contribution is -2.47. The van der Waals surface area contributed by atoms with Gasteiger partial charge in [-0.3, -0.25) is 4.79 Å². The van der Waals surface area contributed by atoms with E-state index in [2.05, 4.69) is 9.71 Å². The van der Waals surface area contributed by atoms with Gasteiger partial charge >= 0.3 is 5.97 Å². The Hall–Kier alpha value is -2.84. The summed E-state index contributed by atoms with van der Waals surface area (Å²) in [6, 6.07) is 11.0. The van der Waals surface area contributed by atoms with Gasteiger partial charge in [-0.15, -0.1) is 0 Å². The molecule has 11 nitrogen and oxygen atoms in total. The first-order chi connectivity index (χ1) is 19.8. The molecule has 0 amide bonds. The Balaban J connectivity index is 1.91. The average molecular weight is 623 g/mol. The highest BCUT2D eigenvalue weighted by molar-refractivity contribution is 7.98. The van der Waals surface area contributed by atoms with E-state index in [0.717, 1.165) is 16.2 Å². The molecule has 0 aliphatic heterocycles. The highest BCUT2D eigenvalue weighted by atomic mass is 32.2. The maximum atomic E-state index is 13.8. The summed E-state index contributed by atoms with van der Waals surface area (Å²) in [5, 5.41) is 0.816. The first-order valence-electron chi connectivity index (χ1n) is 13.8. The van der Waals surface area contributed by atoms with Crippen LogP contribution in [0.5, 0.6) is 5.75 Å². The molecule has 0 saturated carbocycles. The number of carbonyl (C=O) groups excluding carboxylic acids is 1. The molecule has 13 heteroatoms. The van der Waals surface area contributed by atoms with Crippen LogP contribution in [0.4, 0.5) is 5.69 Å². The molecule has 232 valence electrons. The lowest BCUT2D eigenvalue weighted by Gasteiger charge is -2.28. The molecule has 42 heavy (non-hydrogen) atoms. The average Bonchev–Trinajstić information content (AvgIpc) is 3.24. The van der Waals surface area contributed by atoms with Crippen molar-refractivity contribution in [2.45, 2.75) is 88.6 Å². The minimum absolute atomic E-state index is 0.0745. The molecule has 0 aliphatic rings. The van der Waals surface area contributed by atoms with Gasteiger partial charge in [-0.25, -0.2) is 18.1 Å². The number of sulfonamides is 1. The summed E-state index contributed by atoms with van der Waals surface area (Å²) in [5.74, 6) is -0.523. The van der Waals surface area contributed by atoms with Gasteiger partial charge in [-0.2, -0.15) is 0 Å². The van der Waals surface area contributed by atoms with Crippen LogP contribution in [-0.4, -0.2) is 67.4 Å². The number of rotatable bonds is 15. The minimum Gasteiger partial charge on any atom is -0.487 e. The first-order valence-corrected chi connectivity index (χ1v) is 16.5. The highest BCUT2D eigenvalue weighted by Gasteiger charge is 2.33. The van der Waals surface area contributed by atoms with E-state index in [0.29, 0.717) is 12.2 Å². The number of thioether (sulfide) groups is 1. The summed E-state index contributed by atoms with van der Waals surface area (Å²) in [5.41, 5.74) is 7.43. The minimum atomic E-state index is -4.25. The second kappa shape index (κ2) is 14.6. The van der Waals surface area contributed by atoms with Crippen LogP contribution in [0, 0.1) is 0 Å². The molecule has 0 radical (unpaired) electrons. The highest BCUT2D eigenvalue weighted by Crippen LogP contribution is 2.30. The van der Waals surface area contributed by atoms with Gasteiger partial charge in [0.15, 0.2) is 11.4 Å². The molecule has 0 spiro atoms. The summed E-state index contributed by atoms with van der Waals surface area (Å²) in [7, 11) is -4.25. The van der Waals surface area contributed by atoms with Gasteiger partial charge in [0.25, 0.3) is 0 Å².